The SMILES string of the molecule is CCOC(CNC(=O)N1CCC(C(=O)O)C1)c1ccccc1. The fourth-order valence-electron chi connectivity index (χ4n) is 2.58. The Kier molecular flexibility index (Phi) is 5.77. The minimum Gasteiger partial charge on any atom is -0.481 e. The summed E-state index contributed by atoms with van der Waals surface area (Å²) < 4.78 is 5.67. The van der Waals surface area contributed by atoms with Gasteiger partial charge in [0.2, 0.25) is 0 Å². The average molecular weight is 306 g/mol. The van der Waals surface area contributed by atoms with Crippen LogP contribution in [0.25, 0.3) is 0 Å². The van der Waals surface area contributed by atoms with Crippen LogP contribution in [-0.2, 0) is 9.53 Å². The first kappa shape index (κ1) is 16.3. The van der Waals surface area contributed by atoms with E-state index in [2.05, 4.69) is 5.32 Å². The van der Waals surface area contributed by atoms with E-state index in [-0.39, 0.29) is 18.7 Å². The summed E-state index contributed by atoms with van der Waals surface area (Å²) in [4.78, 5) is 24.6. The maximum absolute atomic E-state index is 12.1. The first-order chi connectivity index (χ1) is 10.6. The number of amides is 2. The zero-order chi connectivity index (χ0) is 15.9. The van der Waals surface area contributed by atoms with E-state index in [1.165, 1.54) is 0 Å². The molecule has 2 N–H and O–H groups in total. The molecule has 6 nitrogen and oxygen atoms in total. The first-order valence-corrected chi connectivity index (χ1v) is 7.54. The van der Waals surface area contributed by atoms with Crippen LogP contribution < -0.4 is 5.32 Å². The predicted octanol–water partition coefficient (Wildman–Crippen LogP) is 1.88. The van der Waals surface area contributed by atoms with E-state index in [0.29, 0.717) is 26.1 Å². The summed E-state index contributed by atoms with van der Waals surface area (Å²) in [5, 5.41) is 11.8. The van der Waals surface area contributed by atoms with Crippen molar-refractivity contribution in [3.8, 4) is 0 Å². The number of likely N-dealkylation sites (tertiary alicyclic amines) is 1. The molecule has 0 bridgehead atoms. The summed E-state index contributed by atoms with van der Waals surface area (Å²) in [7, 11) is 0. The number of carbonyl (C=O) groups excluding carboxylic acids is 1. The van der Waals surface area contributed by atoms with Gasteiger partial charge in [-0.1, -0.05) is 30.3 Å². The Labute approximate surface area is 130 Å². The summed E-state index contributed by atoms with van der Waals surface area (Å²) in [5.74, 6) is -1.30. The number of carboxylic acids is 1. The molecule has 1 aromatic carbocycles. The Morgan fingerprint density at radius 3 is 2.73 bits per heavy atom. The van der Waals surface area contributed by atoms with Gasteiger partial charge in [-0.2, -0.15) is 0 Å². The van der Waals surface area contributed by atoms with Gasteiger partial charge in [-0.25, -0.2) is 4.79 Å². The number of nitrogens with zero attached hydrogens (tertiary/aromatic N) is 1. The normalized spacial score (nSPS) is 19.0. The number of hydrogen-bond donors (Lipinski definition) is 2. The fraction of sp³-hybridized carbons (Fsp3) is 0.500. The number of aliphatic carboxylic acids is 1. The van der Waals surface area contributed by atoms with Crippen molar-refractivity contribution in [3.05, 3.63) is 35.9 Å². The number of urea groups is 1. The Balaban J connectivity index is 1.87. The molecule has 0 aromatic heterocycles. The Hall–Kier alpha value is -2.08. The molecular weight excluding hydrogens is 284 g/mol. The monoisotopic (exact) mass is 306 g/mol. The van der Waals surface area contributed by atoms with E-state index in [4.69, 9.17) is 9.84 Å². The van der Waals surface area contributed by atoms with Crippen LogP contribution in [0.1, 0.15) is 25.0 Å². The van der Waals surface area contributed by atoms with Crippen molar-refractivity contribution in [3.63, 3.8) is 0 Å². The van der Waals surface area contributed by atoms with E-state index < -0.39 is 11.9 Å². The zero-order valence-corrected chi connectivity index (χ0v) is 12.7. The largest absolute Gasteiger partial charge is 0.481 e. The van der Waals surface area contributed by atoms with Gasteiger partial charge in [-0.15, -0.1) is 0 Å². The Bertz CT molecular complexity index is 506. The molecule has 22 heavy (non-hydrogen) atoms. The molecule has 120 valence electrons. The Morgan fingerprint density at radius 2 is 2.14 bits per heavy atom. The van der Waals surface area contributed by atoms with E-state index in [1.807, 2.05) is 37.3 Å². The van der Waals surface area contributed by atoms with E-state index in [9.17, 15) is 9.59 Å². The second-order valence-corrected chi connectivity index (χ2v) is 5.31. The topological polar surface area (TPSA) is 78.9 Å². The number of ether oxygens (including phenoxy) is 1. The molecule has 1 aliphatic rings. The molecular formula is C16H22N2O4. The lowest BCUT2D eigenvalue weighted by Gasteiger charge is -2.21. The molecule has 1 heterocycles. The van der Waals surface area contributed by atoms with E-state index in [0.717, 1.165) is 5.56 Å². The molecule has 1 fully saturated rings. The highest BCUT2D eigenvalue weighted by molar-refractivity contribution is 5.77. The fourth-order valence-corrected chi connectivity index (χ4v) is 2.58. The standard InChI is InChI=1S/C16H22N2O4/c1-2-22-14(12-6-4-3-5-7-12)10-17-16(21)18-9-8-13(11-18)15(19)20/h3-7,13-14H,2,8-11H2,1H3,(H,17,21)(H,19,20). The van der Waals surface area contributed by atoms with Crippen molar-refractivity contribution < 1.29 is 19.4 Å². The van der Waals surface area contributed by atoms with Crippen LogP contribution in [0.2, 0.25) is 0 Å². The summed E-state index contributed by atoms with van der Waals surface area (Å²) >= 11 is 0. The van der Waals surface area contributed by atoms with Crippen molar-refractivity contribution in [2.45, 2.75) is 19.4 Å². The van der Waals surface area contributed by atoms with Gasteiger partial charge >= 0.3 is 12.0 Å². The minimum atomic E-state index is -0.841. The van der Waals surface area contributed by atoms with E-state index in [1.54, 1.807) is 4.90 Å². The van der Waals surface area contributed by atoms with Crippen molar-refractivity contribution in [2.75, 3.05) is 26.2 Å². The highest BCUT2D eigenvalue weighted by Crippen LogP contribution is 2.18. The van der Waals surface area contributed by atoms with Gasteiger partial charge in [0.15, 0.2) is 0 Å². The van der Waals surface area contributed by atoms with Crippen molar-refractivity contribution in [1.29, 1.82) is 0 Å². The molecule has 6 heteroatoms. The van der Waals surface area contributed by atoms with E-state index >= 15 is 0 Å². The Morgan fingerprint density at radius 1 is 1.41 bits per heavy atom. The van der Waals surface area contributed by atoms with Gasteiger partial charge in [-0.3, -0.25) is 4.79 Å². The van der Waals surface area contributed by atoms with Crippen LogP contribution in [0.15, 0.2) is 30.3 Å². The molecule has 2 rings (SSSR count). The maximum atomic E-state index is 12.1. The van der Waals surface area contributed by atoms with Gasteiger partial charge in [0.1, 0.15) is 0 Å². The number of carboxylic acid groups (broad SMARTS) is 1. The van der Waals surface area contributed by atoms with Gasteiger partial charge in [0.05, 0.1) is 12.0 Å². The highest BCUT2D eigenvalue weighted by Gasteiger charge is 2.31. The lowest BCUT2D eigenvalue weighted by Crippen LogP contribution is -2.41. The number of nitrogens with one attached hydrogen (secondary N) is 1. The molecule has 2 atom stereocenters. The molecule has 0 spiro atoms. The number of rotatable bonds is 6. The van der Waals surface area contributed by atoms with Gasteiger partial charge in [0.25, 0.3) is 0 Å². The lowest BCUT2D eigenvalue weighted by molar-refractivity contribution is -0.141. The van der Waals surface area contributed by atoms with Crippen molar-refractivity contribution >= 4 is 12.0 Å². The second kappa shape index (κ2) is 7.79. The molecule has 2 unspecified atom stereocenters. The van der Waals surface area contributed by atoms with Crippen LogP contribution in [0, 0.1) is 5.92 Å². The summed E-state index contributed by atoms with van der Waals surface area (Å²) in [5.41, 5.74) is 1.01. The molecule has 0 saturated carbocycles. The number of hydrogen-bond acceptors (Lipinski definition) is 3. The quantitative estimate of drug-likeness (QED) is 0.841. The van der Waals surface area contributed by atoms with Crippen LogP contribution >= 0.6 is 0 Å². The minimum absolute atomic E-state index is 0.201. The van der Waals surface area contributed by atoms with Crippen molar-refractivity contribution in [1.82, 2.24) is 10.2 Å². The first-order valence-electron chi connectivity index (χ1n) is 7.54. The molecule has 1 aliphatic heterocycles. The molecule has 1 saturated heterocycles. The van der Waals surface area contributed by atoms with Crippen molar-refractivity contribution in [2.24, 2.45) is 5.92 Å². The molecule has 1 aromatic rings. The number of carbonyl (C=O) groups is 2. The molecule has 0 aliphatic carbocycles. The lowest BCUT2D eigenvalue weighted by atomic mass is 10.1. The molecule has 2 amide bonds. The maximum Gasteiger partial charge on any atom is 0.317 e. The average Bonchev–Trinajstić information content (AvgIpc) is 3.02. The predicted molar refractivity (Wildman–Crippen MR) is 81.5 cm³/mol. The van der Waals surface area contributed by atoms with Crippen LogP contribution in [0.3, 0.4) is 0 Å². The number of benzene rings is 1. The summed E-state index contributed by atoms with van der Waals surface area (Å²) in [6.07, 6.45) is 0.309. The third-order valence-corrected chi connectivity index (χ3v) is 3.80. The molecule has 0 radical (unpaired) electrons. The van der Waals surface area contributed by atoms with Gasteiger partial charge < -0.3 is 20.1 Å². The third kappa shape index (κ3) is 4.21. The van der Waals surface area contributed by atoms with Crippen LogP contribution in [-0.4, -0.2) is 48.2 Å². The smallest absolute Gasteiger partial charge is 0.317 e. The van der Waals surface area contributed by atoms with Gasteiger partial charge in [0, 0.05) is 26.2 Å². The second-order valence-electron chi connectivity index (χ2n) is 5.31. The summed E-state index contributed by atoms with van der Waals surface area (Å²) in [6.45, 7) is 3.58. The van der Waals surface area contributed by atoms with Gasteiger partial charge in [-0.05, 0) is 18.9 Å². The zero-order valence-electron chi connectivity index (χ0n) is 12.7. The third-order valence-electron chi connectivity index (χ3n) is 3.80. The highest BCUT2D eigenvalue weighted by atomic mass is 16.5. The van der Waals surface area contributed by atoms with Crippen LogP contribution in [0.4, 0.5) is 4.79 Å². The van der Waals surface area contributed by atoms with Crippen LogP contribution in [0.5, 0.6) is 0 Å². The summed E-state index contributed by atoms with van der Waals surface area (Å²) in [6, 6.07) is 9.49.